The van der Waals surface area contributed by atoms with Crippen molar-refractivity contribution < 1.29 is 23.8 Å². The van der Waals surface area contributed by atoms with E-state index >= 15 is 0 Å². The average Bonchev–Trinajstić information content (AvgIpc) is 3.23. The number of para-hydroxylation sites is 1. The van der Waals surface area contributed by atoms with Crippen molar-refractivity contribution in [2.24, 2.45) is 5.10 Å². The normalized spacial score (nSPS) is 11.0. The van der Waals surface area contributed by atoms with Crippen LogP contribution in [0.1, 0.15) is 32.0 Å². The highest BCUT2D eigenvalue weighted by molar-refractivity contribution is 5.96. The van der Waals surface area contributed by atoms with Crippen LogP contribution in [-0.4, -0.2) is 23.2 Å². The van der Waals surface area contributed by atoms with E-state index in [1.54, 1.807) is 60.7 Å². The number of nitrogens with one attached hydrogen (secondary N) is 1. The van der Waals surface area contributed by atoms with Crippen LogP contribution in [0.4, 0.5) is 0 Å². The molecule has 1 aromatic heterocycles. The number of amides is 1. The fourth-order valence-corrected chi connectivity index (χ4v) is 2.87. The van der Waals surface area contributed by atoms with Crippen molar-refractivity contribution in [2.45, 2.75) is 6.61 Å². The van der Waals surface area contributed by atoms with E-state index in [2.05, 4.69) is 10.5 Å². The second-order valence-electron chi connectivity index (χ2n) is 6.71. The zero-order chi connectivity index (χ0) is 21.6. The zero-order valence-electron chi connectivity index (χ0n) is 16.3. The second-order valence-corrected chi connectivity index (χ2v) is 6.71. The van der Waals surface area contributed by atoms with Gasteiger partial charge in [-0.2, -0.15) is 5.10 Å². The van der Waals surface area contributed by atoms with Gasteiger partial charge in [0.25, 0.3) is 0 Å². The molecule has 0 radical (unpaired) electrons. The van der Waals surface area contributed by atoms with Crippen LogP contribution in [0.5, 0.6) is 5.75 Å². The molecule has 31 heavy (non-hydrogen) atoms. The summed E-state index contributed by atoms with van der Waals surface area (Å²) in [6, 6.07) is 22.7. The molecule has 1 amide bonds. The Balaban J connectivity index is 1.30. The van der Waals surface area contributed by atoms with Gasteiger partial charge in [0.2, 0.25) is 0 Å². The number of rotatable bonds is 7. The Labute approximate surface area is 177 Å². The lowest BCUT2D eigenvalue weighted by molar-refractivity contribution is 0.0696. The van der Waals surface area contributed by atoms with Gasteiger partial charge in [-0.1, -0.05) is 30.3 Å². The zero-order valence-corrected chi connectivity index (χ0v) is 16.3. The molecule has 0 fully saturated rings. The Morgan fingerprint density at radius 3 is 2.45 bits per heavy atom. The number of furan rings is 1. The number of hydrazone groups is 1. The molecule has 2 N–H and O–H groups in total. The van der Waals surface area contributed by atoms with Gasteiger partial charge in [-0.3, -0.25) is 4.79 Å². The Kier molecular flexibility index (Phi) is 5.75. The predicted octanol–water partition coefficient (Wildman–Crippen LogP) is 4.47. The Morgan fingerprint density at radius 2 is 1.74 bits per heavy atom. The quantitative estimate of drug-likeness (QED) is 0.343. The minimum absolute atomic E-state index is 0.193. The Hall–Kier alpha value is -4.39. The van der Waals surface area contributed by atoms with Crippen LogP contribution < -0.4 is 10.2 Å². The van der Waals surface area contributed by atoms with Gasteiger partial charge in [-0.15, -0.1) is 0 Å². The van der Waals surface area contributed by atoms with Crippen molar-refractivity contribution >= 4 is 29.1 Å². The molecule has 0 atom stereocenters. The van der Waals surface area contributed by atoms with Crippen molar-refractivity contribution in [2.75, 3.05) is 0 Å². The highest BCUT2D eigenvalue weighted by Gasteiger charge is 2.10. The fourth-order valence-electron chi connectivity index (χ4n) is 2.87. The van der Waals surface area contributed by atoms with Crippen LogP contribution in [0.3, 0.4) is 0 Å². The van der Waals surface area contributed by atoms with Crippen molar-refractivity contribution in [1.29, 1.82) is 0 Å². The number of carboxylic acids is 1. The highest BCUT2D eigenvalue weighted by Crippen LogP contribution is 2.18. The summed E-state index contributed by atoms with van der Waals surface area (Å²) in [6.45, 7) is 0.320. The molecule has 154 valence electrons. The smallest absolute Gasteiger partial charge is 0.335 e. The monoisotopic (exact) mass is 414 g/mol. The van der Waals surface area contributed by atoms with E-state index in [1.165, 1.54) is 6.21 Å². The number of nitrogens with zero attached hydrogens (tertiary/aromatic N) is 1. The maximum absolute atomic E-state index is 12.2. The molecule has 7 nitrogen and oxygen atoms in total. The molecule has 0 spiro atoms. The molecular formula is C24H18N2O5. The molecule has 4 rings (SSSR count). The summed E-state index contributed by atoms with van der Waals surface area (Å²) >= 11 is 0. The van der Waals surface area contributed by atoms with Crippen molar-refractivity contribution in [3.05, 3.63) is 101 Å². The summed E-state index contributed by atoms with van der Waals surface area (Å²) in [5, 5.41) is 13.7. The van der Waals surface area contributed by atoms with Gasteiger partial charge in [0.15, 0.2) is 5.76 Å². The number of carbonyl (C=O) groups is 2. The topological polar surface area (TPSA) is 101 Å². The molecule has 3 aromatic carbocycles. The van der Waals surface area contributed by atoms with E-state index in [4.69, 9.17) is 14.3 Å². The SMILES string of the molecule is O=C(O)c1ccc(COc2ccc(/C=N/NC(=O)c3cc4ccccc4o3)cc2)cc1. The standard InChI is InChI=1S/C24H18N2O5/c27-23(22-13-19-3-1-2-4-21(19)31-22)26-25-14-16-7-11-20(12-8-16)30-15-17-5-9-18(10-6-17)24(28)29/h1-14H,15H2,(H,26,27)(H,28,29)/b25-14+. The van der Waals surface area contributed by atoms with Crippen LogP contribution in [0.25, 0.3) is 11.0 Å². The maximum Gasteiger partial charge on any atom is 0.335 e. The lowest BCUT2D eigenvalue weighted by Gasteiger charge is -2.07. The van der Waals surface area contributed by atoms with E-state index in [1.807, 2.05) is 18.2 Å². The molecule has 0 aliphatic carbocycles. The average molecular weight is 414 g/mol. The molecule has 0 unspecified atom stereocenters. The lowest BCUT2D eigenvalue weighted by Crippen LogP contribution is -2.16. The predicted molar refractivity (Wildman–Crippen MR) is 115 cm³/mol. The maximum atomic E-state index is 12.2. The first-order chi connectivity index (χ1) is 15.1. The summed E-state index contributed by atoms with van der Waals surface area (Å²) in [6.07, 6.45) is 1.52. The van der Waals surface area contributed by atoms with E-state index in [0.29, 0.717) is 17.9 Å². The molecule has 0 aliphatic heterocycles. The first-order valence-electron chi connectivity index (χ1n) is 9.45. The fraction of sp³-hybridized carbons (Fsp3) is 0.0417. The minimum Gasteiger partial charge on any atom is -0.489 e. The Morgan fingerprint density at radius 1 is 1.00 bits per heavy atom. The molecule has 0 bridgehead atoms. The van der Waals surface area contributed by atoms with Crippen molar-refractivity contribution in [3.63, 3.8) is 0 Å². The van der Waals surface area contributed by atoms with Crippen LogP contribution in [0, 0.1) is 0 Å². The van der Waals surface area contributed by atoms with E-state index in [9.17, 15) is 9.59 Å². The van der Waals surface area contributed by atoms with Crippen LogP contribution in [-0.2, 0) is 6.61 Å². The molecule has 1 heterocycles. The van der Waals surface area contributed by atoms with Crippen molar-refractivity contribution in [3.8, 4) is 5.75 Å². The third-order valence-corrected chi connectivity index (χ3v) is 4.52. The third-order valence-electron chi connectivity index (χ3n) is 4.52. The molecule has 0 saturated heterocycles. The summed E-state index contributed by atoms with van der Waals surface area (Å²) in [4.78, 5) is 23.0. The molecule has 0 aliphatic rings. The van der Waals surface area contributed by atoms with Gasteiger partial charge in [0.05, 0.1) is 11.8 Å². The summed E-state index contributed by atoms with van der Waals surface area (Å²) < 4.78 is 11.2. The highest BCUT2D eigenvalue weighted by atomic mass is 16.5. The largest absolute Gasteiger partial charge is 0.489 e. The lowest BCUT2D eigenvalue weighted by atomic mass is 10.1. The Bertz CT molecular complexity index is 1210. The number of hydrogen-bond acceptors (Lipinski definition) is 5. The first-order valence-corrected chi connectivity index (χ1v) is 9.45. The molecule has 4 aromatic rings. The van der Waals surface area contributed by atoms with E-state index in [-0.39, 0.29) is 11.3 Å². The van der Waals surface area contributed by atoms with Crippen LogP contribution in [0.15, 0.2) is 88.4 Å². The number of benzene rings is 3. The van der Waals surface area contributed by atoms with Crippen molar-refractivity contribution in [1.82, 2.24) is 5.43 Å². The second kappa shape index (κ2) is 8.96. The van der Waals surface area contributed by atoms with Gasteiger partial charge in [0.1, 0.15) is 17.9 Å². The van der Waals surface area contributed by atoms with Crippen LogP contribution in [0.2, 0.25) is 0 Å². The number of hydrogen-bond donors (Lipinski definition) is 2. The number of aromatic carboxylic acids is 1. The van der Waals surface area contributed by atoms with E-state index < -0.39 is 11.9 Å². The van der Waals surface area contributed by atoms with Gasteiger partial charge >= 0.3 is 11.9 Å². The number of ether oxygens (including phenoxy) is 1. The molecule has 0 saturated carbocycles. The number of carbonyl (C=O) groups excluding carboxylic acids is 1. The molecular weight excluding hydrogens is 396 g/mol. The number of carboxylic acid groups (broad SMARTS) is 1. The number of fused-ring (bicyclic) bond motifs is 1. The molecule has 7 heteroatoms. The van der Waals surface area contributed by atoms with Crippen LogP contribution >= 0.6 is 0 Å². The summed E-state index contributed by atoms with van der Waals surface area (Å²) in [5.74, 6) is -0.538. The third kappa shape index (κ3) is 4.97. The van der Waals surface area contributed by atoms with Gasteiger partial charge in [0, 0.05) is 5.39 Å². The summed E-state index contributed by atoms with van der Waals surface area (Å²) in [7, 11) is 0. The van der Waals surface area contributed by atoms with E-state index in [0.717, 1.165) is 16.5 Å². The first kappa shape index (κ1) is 19.9. The van der Waals surface area contributed by atoms with Gasteiger partial charge < -0.3 is 14.3 Å². The van der Waals surface area contributed by atoms with Gasteiger partial charge in [-0.25, -0.2) is 10.2 Å². The van der Waals surface area contributed by atoms with Gasteiger partial charge in [-0.05, 0) is 59.7 Å². The minimum atomic E-state index is -0.960. The summed E-state index contributed by atoms with van der Waals surface area (Å²) in [5.41, 5.74) is 4.97.